The third kappa shape index (κ3) is 4.84. The zero-order chi connectivity index (χ0) is 23.9. The monoisotopic (exact) mass is 461 g/mol. The Labute approximate surface area is 197 Å². The van der Waals surface area contributed by atoms with Crippen molar-refractivity contribution < 1.29 is 18.7 Å². The van der Waals surface area contributed by atoms with Crippen molar-refractivity contribution in [3.05, 3.63) is 78.3 Å². The van der Waals surface area contributed by atoms with Crippen molar-refractivity contribution in [2.45, 2.75) is 25.9 Å². The molecular weight excluding hydrogens is 434 g/mol. The number of fused-ring (bicyclic) bond motifs is 1. The lowest BCUT2D eigenvalue weighted by molar-refractivity contribution is -0.127. The zero-order valence-electron chi connectivity index (χ0n) is 19.2. The number of benzene rings is 2. The Kier molecular flexibility index (Phi) is 7.34. The molecule has 9 nitrogen and oxygen atoms in total. The van der Waals surface area contributed by atoms with Crippen molar-refractivity contribution in [1.29, 1.82) is 0 Å². The van der Waals surface area contributed by atoms with Crippen LogP contribution in [0, 0.1) is 0 Å². The number of carbonyl (C=O) groups is 2. The molecule has 1 atom stereocenters. The molecule has 34 heavy (non-hydrogen) atoms. The highest BCUT2D eigenvalue weighted by atomic mass is 16.5. The predicted molar refractivity (Wildman–Crippen MR) is 127 cm³/mol. The fraction of sp³-hybridized carbons (Fsp3) is 0.280. The number of rotatable bonds is 10. The Bertz CT molecular complexity index is 1250. The van der Waals surface area contributed by atoms with Gasteiger partial charge in [0.05, 0.1) is 18.4 Å². The third-order valence-electron chi connectivity index (χ3n) is 5.53. The summed E-state index contributed by atoms with van der Waals surface area (Å²) >= 11 is 0. The largest absolute Gasteiger partial charge is 0.467 e. The number of para-hydroxylation sites is 2. The lowest BCUT2D eigenvalue weighted by Gasteiger charge is -2.31. The molecule has 0 saturated carbocycles. The van der Waals surface area contributed by atoms with Crippen molar-refractivity contribution in [1.82, 2.24) is 20.3 Å². The molecule has 0 unspecified atom stereocenters. The van der Waals surface area contributed by atoms with Gasteiger partial charge in [-0.2, -0.15) is 0 Å². The van der Waals surface area contributed by atoms with Crippen LogP contribution >= 0.6 is 0 Å². The number of hydrogen-bond donors (Lipinski definition) is 1. The van der Waals surface area contributed by atoms with Gasteiger partial charge in [0, 0.05) is 19.3 Å². The van der Waals surface area contributed by atoms with Crippen LogP contribution in [-0.4, -0.2) is 47.1 Å². The molecule has 9 heteroatoms. The number of carbonyl (C=O) groups excluding carboxylic acids is 2. The van der Waals surface area contributed by atoms with Gasteiger partial charge in [-0.1, -0.05) is 42.5 Å². The molecule has 0 aliphatic rings. The first-order valence-corrected chi connectivity index (χ1v) is 11.1. The standard InChI is InChI=1S/C25H27N5O4/c1-3-18-9-4-6-11-20(18)30(23(31)17-29-21-12-7-5-10-19(21)27-28-29)24(22-13-8-15-34-22)25(32)26-14-16-33-2/h4-13,15,24H,3,14,16-17H2,1-2H3,(H,26,32)/t24-/m1/s1. The zero-order valence-corrected chi connectivity index (χ0v) is 19.2. The lowest BCUT2D eigenvalue weighted by Crippen LogP contribution is -2.46. The van der Waals surface area contributed by atoms with Crippen LogP contribution in [0.5, 0.6) is 0 Å². The summed E-state index contributed by atoms with van der Waals surface area (Å²) in [6.45, 7) is 2.56. The Morgan fingerprint density at radius 2 is 1.91 bits per heavy atom. The van der Waals surface area contributed by atoms with Crippen LogP contribution in [0.25, 0.3) is 11.0 Å². The third-order valence-corrected chi connectivity index (χ3v) is 5.53. The molecule has 1 N–H and O–H groups in total. The van der Waals surface area contributed by atoms with E-state index in [9.17, 15) is 9.59 Å². The summed E-state index contributed by atoms with van der Waals surface area (Å²) in [4.78, 5) is 28.8. The second kappa shape index (κ2) is 10.8. The van der Waals surface area contributed by atoms with E-state index in [0.717, 1.165) is 11.1 Å². The van der Waals surface area contributed by atoms with E-state index in [1.807, 2.05) is 55.5 Å². The Morgan fingerprint density at radius 1 is 1.12 bits per heavy atom. The summed E-state index contributed by atoms with van der Waals surface area (Å²) in [5.41, 5.74) is 3.00. The molecule has 0 bridgehead atoms. The van der Waals surface area contributed by atoms with Crippen LogP contribution in [0.2, 0.25) is 0 Å². The first kappa shape index (κ1) is 23.2. The Morgan fingerprint density at radius 3 is 2.68 bits per heavy atom. The molecule has 2 aromatic carbocycles. The Balaban J connectivity index is 1.77. The summed E-state index contributed by atoms with van der Waals surface area (Å²) in [6, 6.07) is 17.4. The van der Waals surface area contributed by atoms with Gasteiger partial charge >= 0.3 is 0 Å². The van der Waals surface area contributed by atoms with Crippen LogP contribution in [-0.2, 0) is 27.3 Å². The average molecular weight is 462 g/mol. The molecule has 0 radical (unpaired) electrons. The molecular formula is C25H27N5O4. The minimum atomic E-state index is -1.01. The molecule has 0 spiro atoms. The maximum absolute atomic E-state index is 13.9. The number of hydrogen-bond acceptors (Lipinski definition) is 6. The summed E-state index contributed by atoms with van der Waals surface area (Å²) in [7, 11) is 1.56. The van der Waals surface area contributed by atoms with E-state index in [1.165, 1.54) is 11.2 Å². The van der Waals surface area contributed by atoms with Crippen LogP contribution in [0.4, 0.5) is 5.69 Å². The molecule has 2 heterocycles. The molecule has 176 valence electrons. The van der Waals surface area contributed by atoms with Gasteiger partial charge in [0.25, 0.3) is 5.91 Å². The number of methoxy groups -OCH3 is 1. The van der Waals surface area contributed by atoms with Crippen molar-refractivity contribution in [2.75, 3.05) is 25.2 Å². The fourth-order valence-electron chi connectivity index (χ4n) is 3.89. The number of ether oxygens (including phenoxy) is 1. The lowest BCUT2D eigenvalue weighted by atomic mass is 10.1. The van der Waals surface area contributed by atoms with Gasteiger partial charge < -0.3 is 14.5 Å². The second-order valence-corrected chi connectivity index (χ2v) is 7.68. The van der Waals surface area contributed by atoms with E-state index in [2.05, 4.69) is 15.6 Å². The van der Waals surface area contributed by atoms with Gasteiger partial charge in [-0.25, -0.2) is 4.68 Å². The SMILES string of the molecule is CCc1ccccc1N(C(=O)Cn1nnc2ccccc21)[C@@H](C(=O)NCCOC)c1ccco1. The molecule has 0 saturated heterocycles. The molecule has 2 amide bonds. The molecule has 2 aromatic heterocycles. The molecule has 0 fully saturated rings. The summed E-state index contributed by atoms with van der Waals surface area (Å²) in [6.07, 6.45) is 2.17. The van der Waals surface area contributed by atoms with Crippen molar-refractivity contribution in [2.24, 2.45) is 0 Å². The van der Waals surface area contributed by atoms with Crippen molar-refractivity contribution >= 4 is 28.5 Å². The number of furan rings is 1. The van der Waals surface area contributed by atoms with E-state index in [-0.39, 0.29) is 18.4 Å². The Hall–Kier alpha value is -3.98. The van der Waals surface area contributed by atoms with Gasteiger partial charge in [-0.05, 0) is 42.3 Å². The number of nitrogens with one attached hydrogen (secondary N) is 1. The van der Waals surface area contributed by atoms with Crippen LogP contribution in [0.3, 0.4) is 0 Å². The maximum Gasteiger partial charge on any atom is 0.251 e. The van der Waals surface area contributed by atoms with Gasteiger partial charge in [0.15, 0.2) is 6.04 Å². The van der Waals surface area contributed by atoms with E-state index in [1.54, 1.807) is 23.9 Å². The van der Waals surface area contributed by atoms with Crippen LogP contribution in [0.1, 0.15) is 24.3 Å². The number of amides is 2. The highest BCUT2D eigenvalue weighted by molar-refractivity contribution is 6.01. The number of aryl methyl sites for hydroxylation is 1. The van der Waals surface area contributed by atoms with E-state index in [0.29, 0.717) is 36.5 Å². The highest BCUT2D eigenvalue weighted by Gasteiger charge is 2.36. The summed E-state index contributed by atoms with van der Waals surface area (Å²) in [5, 5.41) is 11.2. The molecule has 0 aliphatic heterocycles. The number of anilines is 1. The van der Waals surface area contributed by atoms with Gasteiger partial charge in [0.2, 0.25) is 5.91 Å². The highest BCUT2D eigenvalue weighted by Crippen LogP contribution is 2.32. The molecule has 4 aromatic rings. The first-order chi connectivity index (χ1) is 16.6. The maximum atomic E-state index is 13.9. The van der Waals surface area contributed by atoms with Crippen LogP contribution in [0.15, 0.2) is 71.3 Å². The normalized spacial score (nSPS) is 11.9. The number of aromatic nitrogens is 3. The van der Waals surface area contributed by atoms with Gasteiger partial charge in [-0.3, -0.25) is 14.5 Å². The number of nitrogens with zero attached hydrogens (tertiary/aromatic N) is 4. The molecule has 4 rings (SSSR count). The first-order valence-electron chi connectivity index (χ1n) is 11.1. The smallest absolute Gasteiger partial charge is 0.251 e. The van der Waals surface area contributed by atoms with E-state index in [4.69, 9.17) is 9.15 Å². The predicted octanol–water partition coefficient (Wildman–Crippen LogP) is 3.12. The van der Waals surface area contributed by atoms with E-state index < -0.39 is 6.04 Å². The topological polar surface area (TPSA) is 102 Å². The minimum absolute atomic E-state index is 0.0961. The van der Waals surface area contributed by atoms with Crippen LogP contribution < -0.4 is 10.2 Å². The van der Waals surface area contributed by atoms with E-state index >= 15 is 0 Å². The summed E-state index contributed by atoms with van der Waals surface area (Å²) in [5.74, 6) is -0.327. The van der Waals surface area contributed by atoms with Gasteiger partial charge in [-0.15, -0.1) is 5.10 Å². The second-order valence-electron chi connectivity index (χ2n) is 7.68. The quantitative estimate of drug-likeness (QED) is 0.364. The fourth-order valence-corrected chi connectivity index (χ4v) is 3.89. The minimum Gasteiger partial charge on any atom is -0.467 e. The summed E-state index contributed by atoms with van der Waals surface area (Å²) < 4.78 is 12.2. The van der Waals surface area contributed by atoms with Crippen molar-refractivity contribution in [3.8, 4) is 0 Å². The average Bonchev–Trinajstić information content (AvgIpc) is 3.53. The van der Waals surface area contributed by atoms with Crippen molar-refractivity contribution in [3.63, 3.8) is 0 Å². The molecule has 0 aliphatic carbocycles. The van der Waals surface area contributed by atoms with Gasteiger partial charge in [0.1, 0.15) is 17.8 Å².